The van der Waals surface area contributed by atoms with E-state index in [2.05, 4.69) is 5.32 Å². The summed E-state index contributed by atoms with van der Waals surface area (Å²) in [5.74, 6) is 0.507. The van der Waals surface area contributed by atoms with E-state index in [-0.39, 0.29) is 6.61 Å². The van der Waals surface area contributed by atoms with E-state index in [9.17, 15) is 9.59 Å². The fourth-order valence-corrected chi connectivity index (χ4v) is 3.16. The van der Waals surface area contributed by atoms with E-state index >= 15 is 0 Å². The van der Waals surface area contributed by atoms with Gasteiger partial charge in [0.15, 0.2) is 0 Å². The van der Waals surface area contributed by atoms with Gasteiger partial charge >= 0.3 is 12.1 Å². The summed E-state index contributed by atoms with van der Waals surface area (Å²) in [6, 6.07) is 24.6. The van der Waals surface area contributed by atoms with Gasteiger partial charge in [0.05, 0.1) is 12.2 Å². The number of benzene rings is 3. The maximum Gasteiger partial charge on any atom is 0.407 e. The van der Waals surface area contributed by atoms with Gasteiger partial charge in [-0.3, -0.25) is 0 Å². The zero-order valence-electron chi connectivity index (χ0n) is 21.0. The minimum absolute atomic E-state index is 0.143. The van der Waals surface area contributed by atoms with Crippen molar-refractivity contribution >= 4 is 12.1 Å². The highest BCUT2D eigenvalue weighted by Gasteiger charge is 2.16. The lowest BCUT2D eigenvalue weighted by Crippen LogP contribution is -2.33. The molecule has 1 N–H and O–H groups in total. The van der Waals surface area contributed by atoms with Crippen molar-refractivity contribution in [1.29, 1.82) is 0 Å². The maximum atomic E-state index is 12.7. The summed E-state index contributed by atoms with van der Waals surface area (Å²) in [7, 11) is 0. The van der Waals surface area contributed by atoms with E-state index in [1.807, 2.05) is 60.7 Å². The highest BCUT2D eigenvalue weighted by Crippen LogP contribution is 2.25. The summed E-state index contributed by atoms with van der Waals surface area (Å²) in [5.41, 5.74) is 1.78. The van der Waals surface area contributed by atoms with Gasteiger partial charge < -0.3 is 24.3 Å². The SMILES string of the molecule is CC(C)(C)OC(=O)NCCCOC(=O)c1cc(OCc2ccccc2)cc(OCc2ccccc2)c1. The second-order valence-electron chi connectivity index (χ2n) is 9.16. The van der Waals surface area contributed by atoms with E-state index in [4.69, 9.17) is 18.9 Å². The molecule has 3 rings (SSSR count). The van der Waals surface area contributed by atoms with Crippen LogP contribution in [0.4, 0.5) is 4.79 Å². The number of hydrogen-bond acceptors (Lipinski definition) is 6. The van der Waals surface area contributed by atoms with Gasteiger partial charge in [0.25, 0.3) is 0 Å². The number of alkyl carbamates (subject to hydrolysis) is 1. The van der Waals surface area contributed by atoms with E-state index in [1.54, 1.807) is 39.0 Å². The lowest BCUT2D eigenvalue weighted by Gasteiger charge is -2.19. The zero-order valence-corrected chi connectivity index (χ0v) is 21.0. The molecule has 0 aliphatic heterocycles. The van der Waals surface area contributed by atoms with Crippen LogP contribution < -0.4 is 14.8 Å². The third-order valence-corrected chi connectivity index (χ3v) is 4.83. The van der Waals surface area contributed by atoms with Crippen LogP contribution in [0.15, 0.2) is 78.9 Å². The molecule has 0 aliphatic carbocycles. The molecule has 0 saturated carbocycles. The molecule has 1 amide bonds. The van der Waals surface area contributed by atoms with Crippen molar-refractivity contribution in [2.45, 2.75) is 46.0 Å². The maximum absolute atomic E-state index is 12.7. The molecule has 0 spiro atoms. The number of carbonyl (C=O) groups is 2. The Hall–Kier alpha value is -4.00. The Kier molecular flexibility index (Phi) is 9.74. The lowest BCUT2D eigenvalue weighted by molar-refractivity contribution is 0.0482. The first-order valence-corrected chi connectivity index (χ1v) is 11.9. The van der Waals surface area contributed by atoms with E-state index < -0.39 is 17.7 Å². The molecule has 0 atom stereocenters. The Morgan fingerprint density at radius 2 is 1.31 bits per heavy atom. The van der Waals surface area contributed by atoms with Crippen LogP contribution in [0.3, 0.4) is 0 Å². The molecule has 0 saturated heterocycles. The minimum atomic E-state index is -0.565. The Morgan fingerprint density at radius 3 is 1.81 bits per heavy atom. The van der Waals surface area contributed by atoms with Crippen LogP contribution in [0.1, 0.15) is 48.7 Å². The normalized spacial score (nSPS) is 10.9. The van der Waals surface area contributed by atoms with Crippen LogP contribution in [0.5, 0.6) is 11.5 Å². The van der Waals surface area contributed by atoms with Crippen molar-refractivity contribution < 1.29 is 28.5 Å². The Bertz CT molecular complexity index is 1050. The highest BCUT2D eigenvalue weighted by molar-refractivity contribution is 5.90. The molecule has 3 aromatic rings. The molecule has 0 heterocycles. The second kappa shape index (κ2) is 13.2. The molecule has 7 nitrogen and oxygen atoms in total. The lowest BCUT2D eigenvalue weighted by atomic mass is 10.2. The second-order valence-corrected chi connectivity index (χ2v) is 9.16. The van der Waals surface area contributed by atoms with Gasteiger partial charge in [0, 0.05) is 12.6 Å². The topological polar surface area (TPSA) is 83.1 Å². The van der Waals surface area contributed by atoms with E-state index in [1.165, 1.54) is 0 Å². The predicted octanol–water partition coefficient (Wildman–Crippen LogP) is 5.92. The number of rotatable bonds is 11. The van der Waals surface area contributed by atoms with Crippen molar-refractivity contribution in [3.63, 3.8) is 0 Å². The van der Waals surface area contributed by atoms with Crippen LogP contribution in [0.2, 0.25) is 0 Å². The standard InChI is InChI=1S/C29H33NO6/c1-29(2,3)36-28(32)30-15-10-16-33-27(31)24-17-25(34-20-22-11-6-4-7-12-22)19-26(18-24)35-21-23-13-8-5-9-14-23/h4-9,11-14,17-19H,10,15-16,20-21H2,1-3H3,(H,30,32). The number of hydrogen-bond donors (Lipinski definition) is 1. The van der Waals surface area contributed by atoms with Crippen molar-refractivity contribution in [2.24, 2.45) is 0 Å². The van der Waals surface area contributed by atoms with Crippen LogP contribution in [0, 0.1) is 0 Å². The number of carbonyl (C=O) groups excluding carboxylic acids is 2. The first kappa shape index (κ1) is 26.6. The molecule has 0 fully saturated rings. The summed E-state index contributed by atoms with van der Waals surface area (Å²) in [5, 5.41) is 2.64. The van der Waals surface area contributed by atoms with Crippen molar-refractivity contribution in [2.75, 3.05) is 13.2 Å². The molecule has 190 valence electrons. The minimum Gasteiger partial charge on any atom is -0.489 e. The zero-order chi connectivity index (χ0) is 25.8. The van der Waals surface area contributed by atoms with Gasteiger partial charge in [-0.25, -0.2) is 9.59 Å². The van der Waals surface area contributed by atoms with Crippen molar-refractivity contribution in [3.8, 4) is 11.5 Å². The van der Waals surface area contributed by atoms with Crippen LogP contribution >= 0.6 is 0 Å². The highest BCUT2D eigenvalue weighted by atomic mass is 16.6. The van der Waals surface area contributed by atoms with Crippen LogP contribution in [-0.2, 0) is 22.7 Å². The molecular formula is C29H33NO6. The molecule has 3 aromatic carbocycles. The molecule has 0 unspecified atom stereocenters. The molecule has 7 heteroatoms. The van der Waals surface area contributed by atoms with Gasteiger partial charge in [0.1, 0.15) is 30.3 Å². The van der Waals surface area contributed by atoms with Gasteiger partial charge in [-0.15, -0.1) is 0 Å². The third-order valence-electron chi connectivity index (χ3n) is 4.83. The quantitative estimate of drug-likeness (QED) is 0.265. The van der Waals surface area contributed by atoms with Crippen molar-refractivity contribution in [1.82, 2.24) is 5.32 Å². The van der Waals surface area contributed by atoms with Crippen LogP contribution in [-0.4, -0.2) is 30.8 Å². The van der Waals surface area contributed by atoms with Gasteiger partial charge in [-0.05, 0) is 50.5 Å². The Balaban J connectivity index is 1.59. The summed E-state index contributed by atoms with van der Waals surface area (Å²) in [6.07, 6.45) is -0.0516. The largest absolute Gasteiger partial charge is 0.489 e. The number of amides is 1. The average Bonchev–Trinajstić information content (AvgIpc) is 2.86. The molecule has 0 bridgehead atoms. The fraction of sp³-hybridized carbons (Fsp3) is 0.310. The van der Waals surface area contributed by atoms with E-state index in [0.717, 1.165) is 11.1 Å². The molecule has 0 aliphatic rings. The molecule has 36 heavy (non-hydrogen) atoms. The van der Waals surface area contributed by atoms with Gasteiger partial charge in [-0.2, -0.15) is 0 Å². The average molecular weight is 492 g/mol. The summed E-state index contributed by atoms with van der Waals surface area (Å²) >= 11 is 0. The molecule has 0 aromatic heterocycles. The summed E-state index contributed by atoms with van der Waals surface area (Å²) < 4.78 is 22.5. The first-order valence-electron chi connectivity index (χ1n) is 11.9. The summed E-state index contributed by atoms with van der Waals surface area (Å²) in [4.78, 5) is 24.4. The first-order chi connectivity index (χ1) is 17.3. The summed E-state index contributed by atoms with van der Waals surface area (Å²) in [6.45, 7) is 6.57. The molecule has 0 radical (unpaired) electrons. The predicted molar refractivity (Wildman–Crippen MR) is 137 cm³/mol. The smallest absolute Gasteiger partial charge is 0.407 e. The van der Waals surface area contributed by atoms with Gasteiger partial charge in [0.2, 0.25) is 0 Å². The van der Waals surface area contributed by atoms with Crippen molar-refractivity contribution in [3.05, 3.63) is 95.6 Å². The van der Waals surface area contributed by atoms with Gasteiger partial charge in [-0.1, -0.05) is 60.7 Å². The number of nitrogens with one attached hydrogen (secondary N) is 1. The van der Waals surface area contributed by atoms with E-state index in [0.29, 0.717) is 43.2 Å². The third kappa shape index (κ3) is 9.70. The monoisotopic (exact) mass is 491 g/mol. The number of ether oxygens (including phenoxy) is 4. The Labute approximate surface area is 212 Å². The fourth-order valence-electron chi connectivity index (χ4n) is 3.16. The van der Waals surface area contributed by atoms with Crippen LogP contribution in [0.25, 0.3) is 0 Å². The number of esters is 1. The molecular weight excluding hydrogens is 458 g/mol. The Morgan fingerprint density at radius 1 is 0.778 bits per heavy atom.